The number of rotatable bonds is 4. The number of carbonyl (C=O) groups excluding carboxylic acids is 3. The summed E-state index contributed by atoms with van der Waals surface area (Å²) in [6.07, 6.45) is 0. The number of thioether (sulfide) groups is 1. The molecule has 0 aromatic heterocycles. The van der Waals surface area contributed by atoms with Crippen molar-refractivity contribution in [3.05, 3.63) is 58.6 Å². The Kier molecular flexibility index (Phi) is 4.63. The summed E-state index contributed by atoms with van der Waals surface area (Å²) in [6.45, 7) is -0.0976. The maximum Gasteiger partial charge on any atom is 0.290 e. The van der Waals surface area contributed by atoms with E-state index >= 15 is 0 Å². The molecular formula is C17H12BrNO3S. The lowest BCUT2D eigenvalue weighted by atomic mass is 10.0. The molecule has 1 aliphatic heterocycles. The molecule has 1 amide bonds. The predicted octanol–water partition coefficient (Wildman–Crippen LogP) is 3.99. The second-order valence-corrected chi connectivity index (χ2v) is 6.94. The molecule has 1 fully saturated rings. The monoisotopic (exact) mass is 389 g/mol. The number of benzene rings is 2. The first-order chi connectivity index (χ1) is 11.0. The molecule has 2 aromatic carbocycles. The highest BCUT2D eigenvalue weighted by Crippen LogP contribution is 2.27. The summed E-state index contributed by atoms with van der Waals surface area (Å²) in [4.78, 5) is 36.7. The Morgan fingerprint density at radius 1 is 1.09 bits per heavy atom. The second-order valence-electron chi connectivity index (χ2n) is 5.08. The van der Waals surface area contributed by atoms with E-state index in [-0.39, 0.29) is 29.2 Å². The minimum absolute atomic E-state index is 0.00870. The Labute approximate surface area is 146 Å². The summed E-state index contributed by atoms with van der Waals surface area (Å²) >= 11 is 4.04. The summed E-state index contributed by atoms with van der Waals surface area (Å²) in [5.74, 6) is -0.196. The summed E-state index contributed by atoms with van der Waals surface area (Å²) in [6, 6.07) is 15.3. The number of halogens is 1. The number of amides is 1. The Bertz CT molecular complexity index is 792. The molecule has 1 saturated heterocycles. The van der Waals surface area contributed by atoms with Crippen LogP contribution in [0.4, 0.5) is 4.79 Å². The highest BCUT2D eigenvalue weighted by Gasteiger charge is 2.30. The topological polar surface area (TPSA) is 54.5 Å². The average Bonchev–Trinajstić information content (AvgIpc) is 2.86. The molecule has 6 heteroatoms. The van der Waals surface area contributed by atoms with Crippen molar-refractivity contribution in [3.8, 4) is 11.1 Å². The normalized spacial score (nSPS) is 14.4. The van der Waals surface area contributed by atoms with Gasteiger partial charge < -0.3 is 4.90 Å². The zero-order chi connectivity index (χ0) is 16.4. The van der Waals surface area contributed by atoms with Gasteiger partial charge >= 0.3 is 0 Å². The number of hydrogen-bond acceptors (Lipinski definition) is 4. The molecule has 0 aliphatic carbocycles. The van der Waals surface area contributed by atoms with Gasteiger partial charge in [0.15, 0.2) is 5.78 Å². The standard InChI is InChI=1S/C17H12BrNO3S/c18-14-7-6-12(11-4-2-1-3-5-11)8-13(14)15(20)9-19-10-16(21)23-17(19)22/h1-8H,9-10H2. The second kappa shape index (κ2) is 6.68. The molecule has 3 rings (SSSR count). The van der Waals surface area contributed by atoms with Crippen LogP contribution < -0.4 is 0 Å². The molecule has 2 aromatic rings. The average molecular weight is 390 g/mol. The number of ketones is 1. The van der Waals surface area contributed by atoms with Crippen LogP contribution in [-0.2, 0) is 4.79 Å². The van der Waals surface area contributed by atoms with Crippen molar-refractivity contribution in [3.63, 3.8) is 0 Å². The van der Waals surface area contributed by atoms with Crippen molar-refractivity contribution in [2.45, 2.75) is 0 Å². The maximum absolute atomic E-state index is 12.5. The largest absolute Gasteiger partial charge is 0.317 e. The zero-order valence-corrected chi connectivity index (χ0v) is 14.4. The van der Waals surface area contributed by atoms with Gasteiger partial charge in [0, 0.05) is 21.8 Å². The molecule has 1 aliphatic rings. The highest BCUT2D eigenvalue weighted by atomic mass is 79.9. The molecule has 0 radical (unpaired) electrons. The first-order valence-corrected chi connectivity index (χ1v) is 8.53. The Morgan fingerprint density at radius 3 is 2.48 bits per heavy atom. The third-order valence-corrected chi connectivity index (χ3v) is 4.97. The van der Waals surface area contributed by atoms with E-state index in [9.17, 15) is 14.4 Å². The highest BCUT2D eigenvalue weighted by molar-refractivity contribution is 9.10. The fourth-order valence-corrected chi connectivity index (χ4v) is 3.48. The molecular weight excluding hydrogens is 378 g/mol. The Morgan fingerprint density at radius 2 is 1.83 bits per heavy atom. The lowest BCUT2D eigenvalue weighted by molar-refractivity contribution is -0.110. The molecule has 0 saturated carbocycles. The number of carbonyl (C=O) groups is 3. The van der Waals surface area contributed by atoms with Gasteiger partial charge in [-0.15, -0.1) is 0 Å². The van der Waals surface area contributed by atoms with Gasteiger partial charge in [-0.3, -0.25) is 14.4 Å². The summed E-state index contributed by atoms with van der Waals surface area (Å²) in [5.41, 5.74) is 2.44. The van der Waals surface area contributed by atoms with Crippen molar-refractivity contribution >= 4 is 43.8 Å². The fourth-order valence-electron chi connectivity index (χ4n) is 2.34. The van der Waals surface area contributed by atoms with Crippen LogP contribution in [0.5, 0.6) is 0 Å². The van der Waals surface area contributed by atoms with E-state index in [0.717, 1.165) is 11.1 Å². The third kappa shape index (κ3) is 3.54. The molecule has 0 unspecified atom stereocenters. The molecule has 116 valence electrons. The minimum Gasteiger partial charge on any atom is -0.317 e. The van der Waals surface area contributed by atoms with Crippen molar-refractivity contribution in [2.24, 2.45) is 0 Å². The predicted molar refractivity (Wildman–Crippen MR) is 93.5 cm³/mol. The van der Waals surface area contributed by atoms with E-state index in [4.69, 9.17) is 0 Å². The molecule has 0 bridgehead atoms. The first-order valence-electron chi connectivity index (χ1n) is 6.92. The van der Waals surface area contributed by atoms with Gasteiger partial charge in [0.1, 0.15) is 0 Å². The number of hydrogen-bond donors (Lipinski definition) is 0. The van der Waals surface area contributed by atoms with Crippen LogP contribution in [0.1, 0.15) is 10.4 Å². The summed E-state index contributed by atoms with van der Waals surface area (Å²) in [7, 11) is 0. The van der Waals surface area contributed by atoms with Crippen LogP contribution in [-0.4, -0.2) is 34.1 Å². The van der Waals surface area contributed by atoms with Crippen molar-refractivity contribution in [2.75, 3.05) is 13.1 Å². The van der Waals surface area contributed by atoms with Crippen LogP contribution in [0, 0.1) is 0 Å². The van der Waals surface area contributed by atoms with Gasteiger partial charge in [-0.1, -0.05) is 52.3 Å². The van der Waals surface area contributed by atoms with Gasteiger partial charge in [0.25, 0.3) is 5.24 Å². The quantitative estimate of drug-likeness (QED) is 0.741. The van der Waals surface area contributed by atoms with Crippen molar-refractivity contribution in [1.82, 2.24) is 4.90 Å². The SMILES string of the molecule is O=C1CN(CC(=O)c2cc(-c3ccccc3)ccc2Br)C(=O)S1. The van der Waals surface area contributed by atoms with Crippen molar-refractivity contribution in [1.29, 1.82) is 0 Å². The molecule has 23 heavy (non-hydrogen) atoms. The smallest absolute Gasteiger partial charge is 0.290 e. The van der Waals surface area contributed by atoms with Crippen LogP contribution >= 0.6 is 27.7 Å². The van der Waals surface area contributed by atoms with Gasteiger partial charge in [-0.05, 0) is 23.3 Å². The van der Waals surface area contributed by atoms with E-state index < -0.39 is 0 Å². The van der Waals surface area contributed by atoms with E-state index in [2.05, 4.69) is 15.9 Å². The van der Waals surface area contributed by atoms with Crippen molar-refractivity contribution < 1.29 is 14.4 Å². The third-order valence-electron chi connectivity index (χ3n) is 3.49. The van der Waals surface area contributed by atoms with Gasteiger partial charge in [0.2, 0.25) is 5.12 Å². The lowest BCUT2D eigenvalue weighted by Crippen LogP contribution is -2.30. The number of nitrogens with zero attached hydrogens (tertiary/aromatic N) is 1. The lowest BCUT2D eigenvalue weighted by Gasteiger charge is -2.14. The van der Waals surface area contributed by atoms with Crippen LogP contribution in [0.3, 0.4) is 0 Å². The zero-order valence-electron chi connectivity index (χ0n) is 12.0. The van der Waals surface area contributed by atoms with E-state index in [0.29, 0.717) is 21.8 Å². The fraction of sp³-hybridized carbons (Fsp3) is 0.118. The van der Waals surface area contributed by atoms with E-state index in [1.165, 1.54) is 4.90 Å². The summed E-state index contributed by atoms with van der Waals surface area (Å²) in [5, 5.41) is -0.585. The Hall–Kier alpha value is -1.92. The molecule has 0 N–H and O–H groups in total. The summed E-state index contributed by atoms with van der Waals surface area (Å²) < 4.78 is 0.674. The van der Waals surface area contributed by atoms with Crippen LogP contribution in [0.25, 0.3) is 11.1 Å². The number of Topliss-reactive ketones (excluding diaryl/α,β-unsaturated/α-hetero) is 1. The molecule has 0 atom stereocenters. The van der Waals surface area contributed by atoms with E-state index in [1.54, 1.807) is 6.07 Å². The van der Waals surface area contributed by atoms with Crippen LogP contribution in [0.2, 0.25) is 0 Å². The van der Waals surface area contributed by atoms with Gasteiger partial charge in [0.05, 0.1) is 13.1 Å². The van der Waals surface area contributed by atoms with E-state index in [1.807, 2.05) is 42.5 Å². The van der Waals surface area contributed by atoms with Gasteiger partial charge in [-0.25, -0.2) is 0 Å². The minimum atomic E-state index is -0.362. The molecule has 1 heterocycles. The van der Waals surface area contributed by atoms with Gasteiger partial charge in [-0.2, -0.15) is 0 Å². The first kappa shape index (κ1) is 16.0. The molecule has 4 nitrogen and oxygen atoms in total. The maximum atomic E-state index is 12.5. The van der Waals surface area contributed by atoms with Crippen LogP contribution in [0.15, 0.2) is 53.0 Å². The molecule has 0 spiro atoms. The Balaban J connectivity index is 1.86.